The summed E-state index contributed by atoms with van der Waals surface area (Å²) in [5, 5.41) is 15.8. The van der Waals surface area contributed by atoms with Gasteiger partial charge in [0, 0.05) is 35.8 Å². The van der Waals surface area contributed by atoms with Crippen molar-refractivity contribution in [1.82, 2.24) is 15.5 Å². The molecular formula is C19H25N5OS. The molecule has 0 saturated carbocycles. The van der Waals surface area contributed by atoms with E-state index >= 15 is 0 Å². The Bertz CT molecular complexity index is 827. The van der Waals surface area contributed by atoms with Crippen molar-refractivity contribution in [3.05, 3.63) is 29.8 Å². The number of rotatable bonds is 5. The van der Waals surface area contributed by atoms with Gasteiger partial charge in [0.25, 0.3) is 0 Å². The van der Waals surface area contributed by atoms with E-state index in [1.54, 1.807) is 0 Å². The fraction of sp³-hybridized carbons (Fsp3) is 0.421. The minimum Gasteiger partial charge on any atom is -0.388 e. The van der Waals surface area contributed by atoms with E-state index < -0.39 is 0 Å². The maximum atomic E-state index is 12.1. The van der Waals surface area contributed by atoms with Crippen molar-refractivity contribution in [2.24, 2.45) is 5.92 Å². The molecule has 1 heterocycles. The molecule has 2 aromatic rings. The number of hydrogen-bond donors (Lipinski definition) is 3. The van der Waals surface area contributed by atoms with Gasteiger partial charge in [0.15, 0.2) is 0 Å². The summed E-state index contributed by atoms with van der Waals surface area (Å²) >= 11 is 1.38. The van der Waals surface area contributed by atoms with Crippen molar-refractivity contribution in [2.45, 2.75) is 39.2 Å². The van der Waals surface area contributed by atoms with Crippen LogP contribution in [0.5, 0.6) is 0 Å². The predicted octanol–water partition coefficient (Wildman–Crippen LogP) is 3.54. The molecule has 0 bridgehead atoms. The SMILES string of the molecule is CNc1ccc(-c2nnc(N)s2)cc1C1=CCCC(NC(=O)C(C)C)C1. The van der Waals surface area contributed by atoms with Crippen molar-refractivity contribution < 1.29 is 4.79 Å². The van der Waals surface area contributed by atoms with E-state index in [0.29, 0.717) is 5.13 Å². The number of carbonyl (C=O) groups excluding carboxylic acids is 1. The quantitative estimate of drug-likeness (QED) is 0.747. The van der Waals surface area contributed by atoms with Gasteiger partial charge in [-0.2, -0.15) is 0 Å². The van der Waals surface area contributed by atoms with Crippen molar-refractivity contribution >= 4 is 33.6 Å². The van der Waals surface area contributed by atoms with Gasteiger partial charge < -0.3 is 16.4 Å². The second-order valence-corrected chi connectivity index (χ2v) is 7.84. The predicted molar refractivity (Wildman–Crippen MR) is 108 cm³/mol. The molecule has 1 aromatic carbocycles. The lowest BCUT2D eigenvalue weighted by Crippen LogP contribution is -2.38. The molecule has 1 aliphatic carbocycles. The molecule has 1 aromatic heterocycles. The highest BCUT2D eigenvalue weighted by atomic mass is 32.1. The van der Waals surface area contributed by atoms with Crippen molar-refractivity contribution in [1.29, 1.82) is 0 Å². The van der Waals surface area contributed by atoms with Gasteiger partial charge in [-0.05, 0) is 43.0 Å². The average molecular weight is 372 g/mol. The second-order valence-electron chi connectivity index (χ2n) is 6.83. The van der Waals surface area contributed by atoms with E-state index in [1.807, 2.05) is 27.0 Å². The lowest BCUT2D eigenvalue weighted by atomic mass is 9.88. The topological polar surface area (TPSA) is 92.9 Å². The van der Waals surface area contributed by atoms with E-state index in [2.05, 4.69) is 39.0 Å². The van der Waals surface area contributed by atoms with Gasteiger partial charge in [-0.25, -0.2) is 0 Å². The van der Waals surface area contributed by atoms with Gasteiger partial charge in [0.05, 0.1) is 0 Å². The summed E-state index contributed by atoms with van der Waals surface area (Å²) in [6, 6.07) is 6.39. The van der Waals surface area contributed by atoms with Crippen LogP contribution < -0.4 is 16.4 Å². The number of carbonyl (C=O) groups is 1. The molecule has 0 aliphatic heterocycles. The third-order valence-corrected chi connectivity index (χ3v) is 5.37. The Labute approximate surface area is 157 Å². The minimum absolute atomic E-state index is 0.00316. The third-order valence-electron chi connectivity index (χ3n) is 4.57. The molecule has 1 amide bonds. The lowest BCUT2D eigenvalue weighted by molar-refractivity contribution is -0.124. The number of anilines is 2. The molecule has 6 nitrogen and oxygen atoms in total. The maximum Gasteiger partial charge on any atom is 0.222 e. The number of nitrogen functional groups attached to an aromatic ring is 1. The summed E-state index contributed by atoms with van der Waals surface area (Å²) in [5.41, 5.74) is 10.2. The Hall–Kier alpha value is -2.41. The number of nitrogens with two attached hydrogens (primary N) is 1. The van der Waals surface area contributed by atoms with Crippen molar-refractivity contribution in [3.8, 4) is 10.6 Å². The summed E-state index contributed by atoms with van der Waals surface area (Å²) in [4.78, 5) is 12.1. The number of allylic oxidation sites excluding steroid dienone is 1. The average Bonchev–Trinajstić information content (AvgIpc) is 3.07. The summed E-state index contributed by atoms with van der Waals surface area (Å²) in [6.45, 7) is 3.84. The molecule has 0 spiro atoms. The van der Waals surface area contributed by atoms with E-state index in [-0.39, 0.29) is 17.9 Å². The molecule has 0 fully saturated rings. The molecule has 3 rings (SSSR count). The van der Waals surface area contributed by atoms with Gasteiger partial charge in [-0.15, -0.1) is 10.2 Å². The van der Waals surface area contributed by atoms with E-state index in [1.165, 1.54) is 16.9 Å². The fourth-order valence-corrected chi connectivity index (χ4v) is 3.74. The Morgan fingerprint density at radius 3 is 2.81 bits per heavy atom. The molecule has 1 unspecified atom stereocenters. The zero-order valence-electron chi connectivity index (χ0n) is 15.4. The van der Waals surface area contributed by atoms with Gasteiger partial charge in [-0.1, -0.05) is 31.3 Å². The number of aromatic nitrogens is 2. The van der Waals surface area contributed by atoms with Crippen LogP contribution in [0.1, 0.15) is 38.7 Å². The molecule has 1 atom stereocenters. The molecule has 26 heavy (non-hydrogen) atoms. The molecule has 0 saturated heterocycles. The smallest absolute Gasteiger partial charge is 0.222 e. The molecular weight excluding hydrogens is 346 g/mol. The standard InChI is InChI=1S/C19H25N5OS/c1-11(2)17(25)22-14-6-4-5-12(9-14)15-10-13(7-8-16(15)21-3)18-23-24-19(20)26-18/h5,7-8,10-11,14,21H,4,6,9H2,1-3H3,(H2,20,24)(H,22,25). The first kappa shape index (κ1) is 18.4. The Kier molecular flexibility index (Phi) is 5.56. The number of amides is 1. The number of nitrogens with one attached hydrogen (secondary N) is 2. The molecule has 1 aliphatic rings. The van der Waals surface area contributed by atoms with Crippen LogP contribution in [0.25, 0.3) is 16.1 Å². The molecule has 4 N–H and O–H groups in total. The van der Waals surface area contributed by atoms with Crippen LogP contribution in [0.3, 0.4) is 0 Å². The summed E-state index contributed by atoms with van der Waals surface area (Å²) in [5.74, 6) is 0.117. The van der Waals surface area contributed by atoms with Crippen LogP contribution >= 0.6 is 11.3 Å². The summed E-state index contributed by atoms with van der Waals surface area (Å²) in [6.07, 6.45) is 5.03. The second kappa shape index (κ2) is 7.86. The van der Waals surface area contributed by atoms with Crippen molar-refractivity contribution in [3.63, 3.8) is 0 Å². The van der Waals surface area contributed by atoms with Crippen LogP contribution in [0, 0.1) is 5.92 Å². The number of nitrogens with zero attached hydrogens (tertiary/aromatic N) is 2. The largest absolute Gasteiger partial charge is 0.388 e. The maximum absolute atomic E-state index is 12.1. The van der Waals surface area contributed by atoms with Crippen LogP contribution in [0.4, 0.5) is 10.8 Å². The number of hydrogen-bond acceptors (Lipinski definition) is 6. The Morgan fingerprint density at radius 2 is 2.15 bits per heavy atom. The highest BCUT2D eigenvalue weighted by Gasteiger charge is 2.21. The highest BCUT2D eigenvalue weighted by Crippen LogP contribution is 2.35. The van der Waals surface area contributed by atoms with Crippen LogP contribution in [0.15, 0.2) is 24.3 Å². The highest BCUT2D eigenvalue weighted by molar-refractivity contribution is 7.18. The minimum atomic E-state index is 0.00316. The fourth-order valence-electron chi connectivity index (χ4n) is 3.13. The molecule has 7 heteroatoms. The zero-order chi connectivity index (χ0) is 18.7. The molecule has 138 valence electrons. The first-order valence-electron chi connectivity index (χ1n) is 8.89. The van der Waals surface area contributed by atoms with E-state index in [4.69, 9.17) is 5.73 Å². The normalized spacial score (nSPS) is 17.1. The van der Waals surface area contributed by atoms with Crippen LogP contribution in [0.2, 0.25) is 0 Å². The van der Waals surface area contributed by atoms with Gasteiger partial charge in [-0.3, -0.25) is 4.79 Å². The summed E-state index contributed by atoms with van der Waals surface area (Å²) < 4.78 is 0. The van der Waals surface area contributed by atoms with Gasteiger partial charge >= 0.3 is 0 Å². The first-order chi connectivity index (χ1) is 12.5. The Balaban J connectivity index is 1.87. The number of benzene rings is 1. The van der Waals surface area contributed by atoms with E-state index in [9.17, 15) is 4.79 Å². The summed E-state index contributed by atoms with van der Waals surface area (Å²) in [7, 11) is 1.92. The monoisotopic (exact) mass is 371 g/mol. The zero-order valence-corrected chi connectivity index (χ0v) is 16.2. The van der Waals surface area contributed by atoms with Crippen molar-refractivity contribution in [2.75, 3.05) is 18.1 Å². The van der Waals surface area contributed by atoms with Gasteiger partial charge in [0.1, 0.15) is 5.01 Å². The van der Waals surface area contributed by atoms with Gasteiger partial charge in [0.2, 0.25) is 11.0 Å². The molecule has 0 radical (unpaired) electrons. The Morgan fingerprint density at radius 1 is 1.35 bits per heavy atom. The third kappa shape index (κ3) is 4.04. The van der Waals surface area contributed by atoms with E-state index in [0.717, 1.165) is 41.1 Å². The van der Waals surface area contributed by atoms with Crippen LogP contribution in [-0.4, -0.2) is 29.2 Å². The lowest BCUT2D eigenvalue weighted by Gasteiger charge is -2.26. The van der Waals surface area contributed by atoms with Crippen LogP contribution in [-0.2, 0) is 4.79 Å². The first-order valence-corrected chi connectivity index (χ1v) is 9.70.